The number of methoxy groups -OCH3 is 1. The van der Waals surface area contributed by atoms with Crippen molar-refractivity contribution in [3.05, 3.63) is 60.2 Å². The zero-order valence-corrected chi connectivity index (χ0v) is 15.2. The third kappa shape index (κ3) is 4.52. The number of nitrogens with zero attached hydrogens (tertiary/aromatic N) is 1. The van der Waals surface area contributed by atoms with Crippen LogP contribution in [0.3, 0.4) is 0 Å². The molecule has 0 spiro atoms. The van der Waals surface area contributed by atoms with Crippen molar-refractivity contribution in [2.45, 2.75) is 24.6 Å². The number of nitrogens with one attached hydrogen (secondary N) is 1. The van der Waals surface area contributed by atoms with E-state index in [0.717, 1.165) is 29.8 Å². The molecule has 0 radical (unpaired) electrons. The van der Waals surface area contributed by atoms with Crippen molar-refractivity contribution in [1.82, 2.24) is 4.31 Å². The standard InChI is InChI=1S/C19H24N2O3S/c1-24-19-10-6-5-9-18(19)20-17-11-13-21(14-12-17)25(22,23)15-16-7-3-2-4-8-16/h2-10,17,20H,11-15H2,1H3. The maximum Gasteiger partial charge on any atom is 0.218 e. The van der Waals surface area contributed by atoms with Crippen molar-refractivity contribution in [1.29, 1.82) is 0 Å². The Morgan fingerprint density at radius 2 is 1.68 bits per heavy atom. The summed E-state index contributed by atoms with van der Waals surface area (Å²) >= 11 is 0. The molecule has 25 heavy (non-hydrogen) atoms. The average molecular weight is 360 g/mol. The van der Waals surface area contributed by atoms with E-state index in [2.05, 4.69) is 5.32 Å². The summed E-state index contributed by atoms with van der Waals surface area (Å²) in [6.07, 6.45) is 1.57. The van der Waals surface area contributed by atoms with Crippen molar-refractivity contribution >= 4 is 15.7 Å². The smallest absolute Gasteiger partial charge is 0.218 e. The van der Waals surface area contributed by atoms with E-state index < -0.39 is 10.0 Å². The number of rotatable bonds is 6. The van der Waals surface area contributed by atoms with Gasteiger partial charge in [-0.15, -0.1) is 0 Å². The lowest BCUT2D eigenvalue weighted by Crippen LogP contribution is -2.42. The molecule has 1 fully saturated rings. The fourth-order valence-corrected chi connectivity index (χ4v) is 4.70. The summed E-state index contributed by atoms with van der Waals surface area (Å²) in [5, 5.41) is 3.48. The van der Waals surface area contributed by atoms with Gasteiger partial charge in [0.05, 0.1) is 18.6 Å². The minimum atomic E-state index is -3.26. The van der Waals surface area contributed by atoms with Gasteiger partial charge in [-0.05, 0) is 30.5 Å². The quantitative estimate of drug-likeness (QED) is 0.860. The third-order valence-electron chi connectivity index (χ3n) is 4.51. The van der Waals surface area contributed by atoms with Crippen molar-refractivity contribution in [2.75, 3.05) is 25.5 Å². The number of ether oxygens (including phenoxy) is 1. The molecule has 0 amide bonds. The van der Waals surface area contributed by atoms with E-state index in [1.165, 1.54) is 0 Å². The van der Waals surface area contributed by atoms with Crippen LogP contribution in [0.15, 0.2) is 54.6 Å². The molecular formula is C19H24N2O3S. The normalized spacial score (nSPS) is 16.5. The van der Waals surface area contributed by atoms with Crippen molar-refractivity contribution in [3.63, 3.8) is 0 Å². The highest BCUT2D eigenvalue weighted by Crippen LogP contribution is 2.27. The molecular weight excluding hydrogens is 336 g/mol. The first-order valence-corrected chi connectivity index (χ1v) is 10.1. The molecule has 0 atom stereocenters. The molecule has 0 aliphatic carbocycles. The van der Waals surface area contributed by atoms with E-state index >= 15 is 0 Å². The van der Waals surface area contributed by atoms with Crippen molar-refractivity contribution in [2.24, 2.45) is 0 Å². The summed E-state index contributed by atoms with van der Waals surface area (Å²) in [6, 6.07) is 17.4. The summed E-state index contributed by atoms with van der Waals surface area (Å²) in [4.78, 5) is 0. The summed E-state index contributed by atoms with van der Waals surface area (Å²) in [7, 11) is -1.61. The van der Waals surface area contributed by atoms with Crippen LogP contribution in [0.2, 0.25) is 0 Å². The van der Waals surface area contributed by atoms with Crippen LogP contribution >= 0.6 is 0 Å². The van der Waals surface area contributed by atoms with E-state index in [4.69, 9.17) is 4.74 Å². The minimum Gasteiger partial charge on any atom is -0.495 e. The van der Waals surface area contributed by atoms with Gasteiger partial charge in [-0.1, -0.05) is 42.5 Å². The Balaban J connectivity index is 1.58. The van der Waals surface area contributed by atoms with Crippen LogP contribution in [-0.4, -0.2) is 39.0 Å². The SMILES string of the molecule is COc1ccccc1NC1CCN(S(=O)(=O)Cc2ccccc2)CC1. The number of para-hydroxylation sites is 2. The van der Waals surface area contributed by atoms with Crippen LogP contribution in [0.25, 0.3) is 0 Å². The fraction of sp³-hybridized carbons (Fsp3) is 0.368. The lowest BCUT2D eigenvalue weighted by molar-refractivity contribution is 0.328. The molecule has 6 heteroatoms. The zero-order valence-electron chi connectivity index (χ0n) is 14.4. The monoisotopic (exact) mass is 360 g/mol. The third-order valence-corrected chi connectivity index (χ3v) is 6.36. The molecule has 0 aromatic heterocycles. The van der Waals surface area contributed by atoms with Gasteiger partial charge in [-0.25, -0.2) is 12.7 Å². The number of sulfonamides is 1. The largest absolute Gasteiger partial charge is 0.495 e. The van der Waals surface area contributed by atoms with Gasteiger partial charge in [-0.2, -0.15) is 0 Å². The maximum atomic E-state index is 12.6. The number of hydrogen-bond donors (Lipinski definition) is 1. The summed E-state index contributed by atoms with van der Waals surface area (Å²) in [5.74, 6) is 0.875. The Morgan fingerprint density at radius 1 is 1.04 bits per heavy atom. The summed E-state index contributed by atoms with van der Waals surface area (Å²) < 4.78 is 32.2. The molecule has 1 aliphatic rings. The first kappa shape index (κ1) is 17.8. The second-order valence-electron chi connectivity index (χ2n) is 6.26. The fourth-order valence-electron chi connectivity index (χ4n) is 3.14. The zero-order chi connectivity index (χ0) is 17.7. The van der Waals surface area contributed by atoms with E-state index in [1.807, 2.05) is 54.6 Å². The summed E-state index contributed by atoms with van der Waals surface area (Å²) in [6.45, 7) is 1.09. The molecule has 1 N–H and O–H groups in total. The molecule has 1 heterocycles. The van der Waals surface area contributed by atoms with Gasteiger partial charge in [0.15, 0.2) is 0 Å². The second kappa shape index (κ2) is 7.89. The lowest BCUT2D eigenvalue weighted by atomic mass is 10.1. The van der Waals surface area contributed by atoms with Crippen molar-refractivity contribution < 1.29 is 13.2 Å². The van der Waals surface area contributed by atoms with Crippen LogP contribution in [0.1, 0.15) is 18.4 Å². The first-order chi connectivity index (χ1) is 12.1. The Hall–Kier alpha value is -2.05. The minimum absolute atomic E-state index is 0.0679. The van der Waals surface area contributed by atoms with Crippen LogP contribution in [0.5, 0.6) is 5.75 Å². The van der Waals surface area contributed by atoms with Gasteiger partial charge < -0.3 is 10.1 Å². The Kier molecular flexibility index (Phi) is 5.60. The van der Waals surface area contributed by atoms with Gasteiger partial charge in [0.25, 0.3) is 0 Å². The van der Waals surface area contributed by atoms with E-state index in [9.17, 15) is 8.42 Å². The van der Waals surface area contributed by atoms with E-state index in [0.29, 0.717) is 13.1 Å². The lowest BCUT2D eigenvalue weighted by Gasteiger charge is -2.32. The summed E-state index contributed by atoms with van der Waals surface area (Å²) in [5.41, 5.74) is 1.78. The molecule has 3 rings (SSSR count). The van der Waals surface area contributed by atoms with Gasteiger partial charge >= 0.3 is 0 Å². The molecule has 1 aliphatic heterocycles. The van der Waals surface area contributed by atoms with Gasteiger partial charge in [0.1, 0.15) is 5.75 Å². The molecule has 5 nitrogen and oxygen atoms in total. The van der Waals surface area contributed by atoms with Crippen LogP contribution in [0.4, 0.5) is 5.69 Å². The number of hydrogen-bond acceptors (Lipinski definition) is 4. The van der Waals surface area contributed by atoms with Crippen LogP contribution in [0, 0.1) is 0 Å². The number of anilines is 1. The van der Waals surface area contributed by atoms with Gasteiger partial charge in [0, 0.05) is 19.1 Å². The second-order valence-corrected chi connectivity index (χ2v) is 8.23. The first-order valence-electron chi connectivity index (χ1n) is 8.50. The Labute approximate surface area is 149 Å². The molecule has 2 aromatic carbocycles. The average Bonchev–Trinajstić information content (AvgIpc) is 2.63. The topological polar surface area (TPSA) is 58.6 Å². The Morgan fingerprint density at radius 3 is 2.36 bits per heavy atom. The molecule has 1 saturated heterocycles. The van der Waals surface area contributed by atoms with Crippen LogP contribution < -0.4 is 10.1 Å². The predicted octanol–water partition coefficient (Wildman–Crippen LogP) is 3.10. The molecule has 2 aromatic rings. The highest BCUT2D eigenvalue weighted by Gasteiger charge is 2.28. The van der Waals surface area contributed by atoms with Crippen molar-refractivity contribution in [3.8, 4) is 5.75 Å². The Bertz CT molecular complexity index is 785. The van der Waals surface area contributed by atoms with Gasteiger partial charge in [0.2, 0.25) is 10.0 Å². The molecule has 134 valence electrons. The number of piperidine rings is 1. The van der Waals surface area contributed by atoms with Crippen LogP contribution in [-0.2, 0) is 15.8 Å². The van der Waals surface area contributed by atoms with E-state index in [1.54, 1.807) is 11.4 Å². The predicted molar refractivity (Wildman–Crippen MR) is 100 cm³/mol. The molecule has 0 unspecified atom stereocenters. The van der Waals surface area contributed by atoms with E-state index in [-0.39, 0.29) is 11.8 Å². The number of benzene rings is 2. The maximum absolute atomic E-state index is 12.6. The van der Waals surface area contributed by atoms with Gasteiger partial charge in [-0.3, -0.25) is 0 Å². The highest BCUT2D eigenvalue weighted by molar-refractivity contribution is 7.88. The highest BCUT2D eigenvalue weighted by atomic mass is 32.2. The molecule has 0 saturated carbocycles. The molecule has 0 bridgehead atoms.